The average Bonchev–Trinajstić information content (AvgIpc) is 2.85. The lowest BCUT2D eigenvalue weighted by Gasteiger charge is -2.24. The molecule has 1 unspecified atom stereocenters. The zero-order chi connectivity index (χ0) is 9.03. The summed E-state index contributed by atoms with van der Waals surface area (Å²) in [5, 5.41) is 3.35. The summed E-state index contributed by atoms with van der Waals surface area (Å²) in [5.41, 5.74) is -0.280. The van der Waals surface area contributed by atoms with Gasteiger partial charge in [0.1, 0.15) is 5.54 Å². The molecule has 2 heteroatoms. The highest BCUT2D eigenvalue weighted by molar-refractivity contribution is 5.10. The fourth-order valence-electron chi connectivity index (χ4n) is 1.12. The van der Waals surface area contributed by atoms with Crippen molar-refractivity contribution in [2.75, 3.05) is 20.3 Å². The molecular weight excluding hydrogens is 150 g/mol. The molecule has 1 aliphatic rings. The maximum Gasteiger partial charge on any atom is 0.101 e. The summed E-state index contributed by atoms with van der Waals surface area (Å²) in [5.74, 6) is 3.58. The second-order valence-electron chi connectivity index (χ2n) is 3.73. The number of hydrogen-bond acceptors (Lipinski definition) is 2. The van der Waals surface area contributed by atoms with E-state index in [1.54, 1.807) is 7.11 Å². The van der Waals surface area contributed by atoms with Gasteiger partial charge in [-0.3, -0.25) is 5.32 Å². The molecule has 0 aliphatic heterocycles. The van der Waals surface area contributed by atoms with E-state index in [1.807, 2.05) is 6.92 Å². The number of ether oxygens (including phenoxy) is 1. The monoisotopic (exact) mass is 167 g/mol. The largest absolute Gasteiger partial charge is 0.382 e. The molecule has 1 fully saturated rings. The molecule has 12 heavy (non-hydrogen) atoms. The molecule has 0 bridgehead atoms. The van der Waals surface area contributed by atoms with Gasteiger partial charge in [0.2, 0.25) is 0 Å². The van der Waals surface area contributed by atoms with Crippen molar-refractivity contribution in [1.29, 1.82) is 0 Å². The highest BCUT2D eigenvalue weighted by Crippen LogP contribution is 2.28. The maximum atomic E-state index is 5.41. The van der Waals surface area contributed by atoms with Gasteiger partial charge in [-0.1, -0.05) is 5.92 Å². The molecular formula is C10H17NO. The van der Waals surface area contributed by atoms with Gasteiger partial charge >= 0.3 is 0 Å². The van der Waals surface area contributed by atoms with Crippen molar-refractivity contribution in [3.63, 3.8) is 0 Å². The van der Waals surface area contributed by atoms with E-state index in [0.29, 0.717) is 6.61 Å². The molecule has 0 aromatic carbocycles. The fourth-order valence-corrected chi connectivity index (χ4v) is 1.12. The van der Waals surface area contributed by atoms with Crippen LogP contribution in [0.15, 0.2) is 0 Å². The number of terminal acetylenes is 1. The van der Waals surface area contributed by atoms with Crippen LogP contribution in [-0.4, -0.2) is 25.8 Å². The summed E-state index contributed by atoms with van der Waals surface area (Å²) < 4.78 is 5.05. The van der Waals surface area contributed by atoms with Crippen molar-refractivity contribution in [2.45, 2.75) is 25.3 Å². The van der Waals surface area contributed by atoms with E-state index in [2.05, 4.69) is 11.2 Å². The quantitative estimate of drug-likeness (QED) is 0.617. The van der Waals surface area contributed by atoms with E-state index in [9.17, 15) is 0 Å². The fraction of sp³-hybridized carbons (Fsp3) is 0.800. The van der Waals surface area contributed by atoms with Crippen molar-refractivity contribution in [3.8, 4) is 12.3 Å². The topological polar surface area (TPSA) is 21.3 Å². The Bertz CT molecular complexity index is 181. The summed E-state index contributed by atoms with van der Waals surface area (Å²) in [7, 11) is 1.67. The second-order valence-corrected chi connectivity index (χ2v) is 3.73. The predicted molar refractivity (Wildman–Crippen MR) is 49.8 cm³/mol. The molecule has 1 aliphatic carbocycles. The van der Waals surface area contributed by atoms with Crippen molar-refractivity contribution < 1.29 is 4.74 Å². The van der Waals surface area contributed by atoms with Gasteiger partial charge < -0.3 is 4.74 Å². The van der Waals surface area contributed by atoms with E-state index in [0.717, 1.165) is 12.5 Å². The van der Waals surface area contributed by atoms with Crippen molar-refractivity contribution in [3.05, 3.63) is 0 Å². The van der Waals surface area contributed by atoms with Gasteiger partial charge in [0, 0.05) is 7.11 Å². The molecule has 2 nitrogen and oxygen atoms in total. The maximum absolute atomic E-state index is 5.41. The predicted octanol–water partition coefficient (Wildman–Crippen LogP) is 1.02. The van der Waals surface area contributed by atoms with Gasteiger partial charge in [-0.25, -0.2) is 0 Å². The molecule has 0 aromatic heterocycles. The zero-order valence-electron chi connectivity index (χ0n) is 7.89. The minimum atomic E-state index is -0.280. The van der Waals surface area contributed by atoms with Crippen molar-refractivity contribution in [2.24, 2.45) is 5.92 Å². The van der Waals surface area contributed by atoms with E-state index in [4.69, 9.17) is 11.2 Å². The van der Waals surface area contributed by atoms with E-state index < -0.39 is 0 Å². The molecule has 1 N–H and O–H groups in total. The van der Waals surface area contributed by atoms with E-state index >= 15 is 0 Å². The number of rotatable bonds is 5. The standard InChI is InChI=1S/C10H17NO/c1-4-10(2,8-12-3)11-7-9-5-6-9/h1,9,11H,5-8H2,2-3H3. The number of nitrogens with one attached hydrogen (secondary N) is 1. The van der Waals surface area contributed by atoms with Crippen LogP contribution in [0.2, 0.25) is 0 Å². The Labute approximate surface area is 74.7 Å². The van der Waals surface area contributed by atoms with Crippen LogP contribution in [0.3, 0.4) is 0 Å². The summed E-state index contributed by atoms with van der Waals surface area (Å²) in [4.78, 5) is 0. The second kappa shape index (κ2) is 3.93. The molecule has 0 heterocycles. The Balaban J connectivity index is 2.26. The first kappa shape index (κ1) is 9.57. The highest BCUT2D eigenvalue weighted by atomic mass is 16.5. The number of hydrogen-bond donors (Lipinski definition) is 1. The lowest BCUT2D eigenvalue weighted by Crippen LogP contribution is -2.45. The van der Waals surface area contributed by atoms with Crippen molar-refractivity contribution in [1.82, 2.24) is 5.32 Å². The van der Waals surface area contributed by atoms with Crippen LogP contribution in [-0.2, 0) is 4.74 Å². The Kier molecular flexibility index (Phi) is 3.13. The number of methoxy groups -OCH3 is 1. The minimum Gasteiger partial charge on any atom is -0.382 e. The van der Waals surface area contributed by atoms with Gasteiger partial charge in [0.15, 0.2) is 0 Å². The smallest absolute Gasteiger partial charge is 0.101 e. The van der Waals surface area contributed by atoms with Crippen LogP contribution in [0.5, 0.6) is 0 Å². The molecule has 1 atom stereocenters. The van der Waals surface area contributed by atoms with E-state index in [1.165, 1.54) is 12.8 Å². The van der Waals surface area contributed by atoms with Gasteiger partial charge in [-0.15, -0.1) is 6.42 Å². The van der Waals surface area contributed by atoms with Crippen LogP contribution in [0.25, 0.3) is 0 Å². The van der Waals surface area contributed by atoms with Crippen LogP contribution in [0.4, 0.5) is 0 Å². The highest BCUT2D eigenvalue weighted by Gasteiger charge is 2.26. The lowest BCUT2D eigenvalue weighted by molar-refractivity contribution is 0.146. The summed E-state index contributed by atoms with van der Waals surface area (Å²) in [6.07, 6.45) is 8.10. The molecule has 1 rings (SSSR count). The summed E-state index contributed by atoms with van der Waals surface area (Å²) >= 11 is 0. The van der Waals surface area contributed by atoms with Gasteiger partial charge in [-0.05, 0) is 32.2 Å². The average molecular weight is 167 g/mol. The van der Waals surface area contributed by atoms with Crippen LogP contribution >= 0.6 is 0 Å². The van der Waals surface area contributed by atoms with Gasteiger partial charge in [0.05, 0.1) is 6.61 Å². The summed E-state index contributed by atoms with van der Waals surface area (Å²) in [6.45, 7) is 3.61. The Morgan fingerprint density at radius 3 is 2.75 bits per heavy atom. The molecule has 0 amide bonds. The first-order valence-electron chi connectivity index (χ1n) is 4.42. The third-order valence-corrected chi connectivity index (χ3v) is 2.23. The molecule has 0 radical (unpaired) electrons. The molecule has 0 spiro atoms. The Hall–Kier alpha value is -0.520. The van der Waals surface area contributed by atoms with E-state index in [-0.39, 0.29) is 5.54 Å². The molecule has 1 saturated carbocycles. The molecule has 68 valence electrons. The third-order valence-electron chi connectivity index (χ3n) is 2.23. The Morgan fingerprint density at radius 2 is 2.33 bits per heavy atom. The first-order chi connectivity index (χ1) is 5.70. The zero-order valence-corrected chi connectivity index (χ0v) is 7.89. The van der Waals surface area contributed by atoms with Crippen molar-refractivity contribution >= 4 is 0 Å². The first-order valence-corrected chi connectivity index (χ1v) is 4.42. The summed E-state index contributed by atoms with van der Waals surface area (Å²) in [6, 6.07) is 0. The minimum absolute atomic E-state index is 0.280. The normalized spacial score (nSPS) is 21.4. The van der Waals surface area contributed by atoms with Crippen LogP contribution in [0.1, 0.15) is 19.8 Å². The third kappa shape index (κ3) is 2.84. The van der Waals surface area contributed by atoms with Crippen LogP contribution in [0, 0.1) is 18.3 Å². The van der Waals surface area contributed by atoms with Gasteiger partial charge in [-0.2, -0.15) is 0 Å². The lowest BCUT2D eigenvalue weighted by atomic mass is 10.1. The Morgan fingerprint density at radius 1 is 1.67 bits per heavy atom. The molecule has 0 aromatic rings. The SMILES string of the molecule is C#CC(C)(COC)NCC1CC1. The van der Waals surface area contributed by atoms with Gasteiger partial charge in [0.25, 0.3) is 0 Å². The molecule has 0 saturated heterocycles. The van der Waals surface area contributed by atoms with Crippen LogP contribution < -0.4 is 5.32 Å².